The van der Waals surface area contributed by atoms with Gasteiger partial charge < -0.3 is 0 Å². The molecule has 0 radical (unpaired) electrons. The molecule has 0 atom stereocenters. The molecule has 0 aliphatic rings. The molecule has 7 heteroatoms. The highest BCUT2D eigenvalue weighted by Gasteiger charge is 2.10. The SMILES string of the molecule is Clc1ccc(CSc2ccc3nnc(-c4ccccc4)n3n2)cc1Cl. The van der Waals surface area contributed by atoms with Crippen LogP contribution >= 0.6 is 35.0 Å². The zero-order valence-electron chi connectivity index (χ0n) is 12.9. The number of thioether (sulfide) groups is 1. The standard InChI is InChI=1S/C18H12Cl2N4S/c19-14-7-6-12(10-15(14)20)11-25-17-9-8-16-21-22-18(24(16)23-17)13-4-2-1-3-5-13/h1-10H,11H2. The Morgan fingerprint density at radius 1 is 0.880 bits per heavy atom. The number of benzene rings is 2. The summed E-state index contributed by atoms with van der Waals surface area (Å²) in [7, 11) is 0. The lowest BCUT2D eigenvalue weighted by atomic mass is 10.2. The van der Waals surface area contributed by atoms with Crippen molar-refractivity contribution in [1.29, 1.82) is 0 Å². The van der Waals surface area contributed by atoms with Crippen LogP contribution in [-0.2, 0) is 5.75 Å². The predicted molar refractivity (Wildman–Crippen MR) is 102 cm³/mol. The van der Waals surface area contributed by atoms with Gasteiger partial charge in [0.1, 0.15) is 5.03 Å². The van der Waals surface area contributed by atoms with Gasteiger partial charge in [0.05, 0.1) is 10.0 Å². The van der Waals surface area contributed by atoms with Crippen molar-refractivity contribution in [2.24, 2.45) is 0 Å². The second kappa shape index (κ2) is 7.04. The zero-order chi connectivity index (χ0) is 17.2. The summed E-state index contributed by atoms with van der Waals surface area (Å²) in [5.41, 5.74) is 2.79. The van der Waals surface area contributed by atoms with Crippen molar-refractivity contribution in [3.05, 3.63) is 76.3 Å². The number of fused-ring (bicyclic) bond motifs is 1. The van der Waals surface area contributed by atoms with E-state index in [4.69, 9.17) is 23.2 Å². The van der Waals surface area contributed by atoms with E-state index in [1.54, 1.807) is 16.3 Å². The first-order valence-electron chi connectivity index (χ1n) is 7.55. The van der Waals surface area contributed by atoms with Crippen LogP contribution in [0.4, 0.5) is 0 Å². The van der Waals surface area contributed by atoms with Crippen molar-refractivity contribution in [3.8, 4) is 11.4 Å². The number of halogens is 2. The van der Waals surface area contributed by atoms with Crippen LogP contribution in [0.1, 0.15) is 5.56 Å². The highest BCUT2D eigenvalue weighted by atomic mass is 35.5. The van der Waals surface area contributed by atoms with E-state index in [2.05, 4.69) is 15.3 Å². The van der Waals surface area contributed by atoms with Crippen molar-refractivity contribution in [1.82, 2.24) is 19.8 Å². The molecule has 0 fully saturated rings. The van der Waals surface area contributed by atoms with Gasteiger partial charge in [-0.05, 0) is 29.8 Å². The molecule has 0 N–H and O–H groups in total. The summed E-state index contributed by atoms with van der Waals surface area (Å²) in [6, 6.07) is 19.4. The Hall–Kier alpha value is -2.08. The second-order valence-electron chi connectivity index (χ2n) is 5.37. The average molecular weight is 387 g/mol. The molecule has 0 saturated heterocycles. The number of hydrogen-bond acceptors (Lipinski definition) is 4. The van der Waals surface area contributed by atoms with Crippen LogP contribution in [0.25, 0.3) is 17.0 Å². The molecule has 0 aliphatic carbocycles. The third-order valence-corrected chi connectivity index (χ3v) is 5.37. The van der Waals surface area contributed by atoms with Gasteiger partial charge in [-0.25, -0.2) is 0 Å². The van der Waals surface area contributed by atoms with Crippen LogP contribution in [0.15, 0.2) is 65.7 Å². The van der Waals surface area contributed by atoms with Crippen molar-refractivity contribution >= 4 is 40.6 Å². The smallest absolute Gasteiger partial charge is 0.185 e. The fraction of sp³-hybridized carbons (Fsp3) is 0.0556. The fourth-order valence-corrected chi connectivity index (χ4v) is 3.52. The number of rotatable bonds is 4. The van der Waals surface area contributed by atoms with E-state index in [1.165, 1.54) is 0 Å². The highest BCUT2D eigenvalue weighted by molar-refractivity contribution is 7.98. The van der Waals surface area contributed by atoms with Gasteiger partial charge in [0.25, 0.3) is 0 Å². The average Bonchev–Trinajstić information content (AvgIpc) is 3.06. The monoisotopic (exact) mass is 386 g/mol. The summed E-state index contributed by atoms with van der Waals surface area (Å²) in [4.78, 5) is 0. The molecular formula is C18H12Cl2N4S. The molecular weight excluding hydrogens is 375 g/mol. The molecule has 2 heterocycles. The topological polar surface area (TPSA) is 43.1 Å². The lowest BCUT2D eigenvalue weighted by molar-refractivity contribution is 0.860. The molecule has 2 aromatic heterocycles. The minimum Gasteiger partial charge on any atom is -0.192 e. The van der Waals surface area contributed by atoms with E-state index in [-0.39, 0.29) is 0 Å². The van der Waals surface area contributed by atoms with Crippen molar-refractivity contribution < 1.29 is 0 Å². The van der Waals surface area contributed by atoms with Gasteiger partial charge in [-0.15, -0.1) is 10.2 Å². The molecule has 4 rings (SSSR count). The molecule has 4 aromatic rings. The van der Waals surface area contributed by atoms with E-state index in [9.17, 15) is 0 Å². The molecule has 0 bridgehead atoms. The molecule has 25 heavy (non-hydrogen) atoms. The Kier molecular flexibility index (Phi) is 4.61. The Labute approximate surface area is 158 Å². The lowest BCUT2D eigenvalue weighted by Gasteiger charge is -2.04. The van der Waals surface area contributed by atoms with E-state index < -0.39 is 0 Å². The summed E-state index contributed by atoms with van der Waals surface area (Å²) < 4.78 is 1.77. The first-order chi connectivity index (χ1) is 12.2. The maximum absolute atomic E-state index is 6.07. The summed E-state index contributed by atoms with van der Waals surface area (Å²) in [6.45, 7) is 0. The number of nitrogens with zero attached hydrogens (tertiary/aromatic N) is 4. The van der Waals surface area contributed by atoms with Gasteiger partial charge in [0.2, 0.25) is 0 Å². The third-order valence-electron chi connectivity index (χ3n) is 3.64. The van der Waals surface area contributed by atoms with E-state index >= 15 is 0 Å². The lowest BCUT2D eigenvalue weighted by Crippen LogP contribution is -1.96. The highest BCUT2D eigenvalue weighted by Crippen LogP contribution is 2.27. The molecule has 0 unspecified atom stereocenters. The minimum atomic E-state index is 0.562. The molecule has 0 spiro atoms. The van der Waals surface area contributed by atoms with Gasteiger partial charge >= 0.3 is 0 Å². The maximum Gasteiger partial charge on any atom is 0.185 e. The summed E-state index contributed by atoms with van der Waals surface area (Å²) >= 11 is 13.6. The van der Waals surface area contributed by atoms with Crippen LogP contribution in [0.3, 0.4) is 0 Å². The molecule has 0 amide bonds. The molecule has 2 aromatic carbocycles. The Morgan fingerprint density at radius 3 is 2.52 bits per heavy atom. The van der Waals surface area contributed by atoms with Crippen LogP contribution in [-0.4, -0.2) is 19.8 Å². The quantitative estimate of drug-likeness (QED) is 0.441. The van der Waals surface area contributed by atoms with Gasteiger partial charge in [0, 0.05) is 11.3 Å². The van der Waals surface area contributed by atoms with Crippen LogP contribution < -0.4 is 0 Å². The van der Waals surface area contributed by atoms with Crippen molar-refractivity contribution in [2.45, 2.75) is 10.8 Å². The molecule has 4 nitrogen and oxygen atoms in total. The molecule has 0 saturated carbocycles. The fourth-order valence-electron chi connectivity index (χ4n) is 2.40. The minimum absolute atomic E-state index is 0.562. The van der Waals surface area contributed by atoms with E-state index in [0.29, 0.717) is 10.0 Å². The third kappa shape index (κ3) is 3.49. The number of aromatic nitrogens is 4. The van der Waals surface area contributed by atoms with E-state index in [0.717, 1.165) is 33.4 Å². The van der Waals surface area contributed by atoms with Crippen LogP contribution in [0.5, 0.6) is 0 Å². The summed E-state index contributed by atoms with van der Waals surface area (Å²) in [5.74, 6) is 1.48. The van der Waals surface area contributed by atoms with Crippen LogP contribution in [0.2, 0.25) is 10.0 Å². The summed E-state index contributed by atoms with van der Waals surface area (Å²) in [5, 5.41) is 15.1. The van der Waals surface area contributed by atoms with E-state index in [1.807, 2.05) is 60.7 Å². The van der Waals surface area contributed by atoms with Crippen molar-refractivity contribution in [3.63, 3.8) is 0 Å². The Balaban J connectivity index is 1.61. The van der Waals surface area contributed by atoms with Gasteiger partial charge in [-0.2, -0.15) is 9.61 Å². The van der Waals surface area contributed by atoms with Crippen molar-refractivity contribution in [2.75, 3.05) is 0 Å². The second-order valence-corrected chi connectivity index (χ2v) is 7.18. The zero-order valence-corrected chi connectivity index (χ0v) is 15.3. The molecule has 0 aliphatic heterocycles. The largest absolute Gasteiger partial charge is 0.192 e. The Bertz CT molecular complexity index is 1030. The van der Waals surface area contributed by atoms with Crippen LogP contribution in [0, 0.1) is 0 Å². The summed E-state index contributed by atoms with van der Waals surface area (Å²) in [6.07, 6.45) is 0. The van der Waals surface area contributed by atoms with Gasteiger partial charge in [0.15, 0.2) is 11.5 Å². The normalized spacial score (nSPS) is 11.1. The van der Waals surface area contributed by atoms with Gasteiger partial charge in [-0.1, -0.05) is 71.4 Å². The van der Waals surface area contributed by atoms with Gasteiger partial charge in [-0.3, -0.25) is 0 Å². The Morgan fingerprint density at radius 2 is 1.72 bits per heavy atom. The number of hydrogen-bond donors (Lipinski definition) is 0. The first kappa shape index (κ1) is 16.4. The first-order valence-corrected chi connectivity index (χ1v) is 9.29. The predicted octanol–water partition coefficient (Wildman–Crippen LogP) is 5.39. The molecule has 124 valence electrons. The maximum atomic E-state index is 6.07.